The summed E-state index contributed by atoms with van der Waals surface area (Å²) in [5, 5.41) is 12.2. The van der Waals surface area contributed by atoms with Crippen molar-refractivity contribution in [2.75, 3.05) is 0 Å². The van der Waals surface area contributed by atoms with Crippen LogP contribution in [0.1, 0.15) is 39.2 Å². The SMILES string of the molecule is C[C@H]1CC(C)(C)C[C@@]1(NC(=O)OCc1ccccc1)C(=O)O. The number of ether oxygens (including phenoxy) is 1. The quantitative estimate of drug-likeness (QED) is 0.895. The number of benzene rings is 1. The Morgan fingerprint density at radius 2 is 1.95 bits per heavy atom. The molecule has 1 saturated carbocycles. The van der Waals surface area contributed by atoms with Crippen molar-refractivity contribution < 1.29 is 19.4 Å². The third-order valence-corrected chi connectivity index (χ3v) is 4.38. The molecule has 22 heavy (non-hydrogen) atoms. The molecule has 1 aromatic carbocycles. The zero-order valence-corrected chi connectivity index (χ0v) is 13.3. The van der Waals surface area contributed by atoms with Crippen molar-refractivity contribution in [1.82, 2.24) is 5.32 Å². The van der Waals surface area contributed by atoms with E-state index in [0.29, 0.717) is 6.42 Å². The summed E-state index contributed by atoms with van der Waals surface area (Å²) in [6, 6.07) is 9.29. The van der Waals surface area contributed by atoms with Crippen molar-refractivity contribution in [2.45, 2.75) is 45.8 Å². The minimum absolute atomic E-state index is 0.121. The number of carbonyl (C=O) groups excluding carboxylic acids is 1. The van der Waals surface area contributed by atoms with E-state index >= 15 is 0 Å². The third-order valence-electron chi connectivity index (χ3n) is 4.38. The summed E-state index contributed by atoms with van der Waals surface area (Å²) in [7, 11) is 0. The minimum Gasteiger partial charge on any atom is -0.479 e. The molecule has 0 saturated heterocycles. The molecule has 1 amide bonds. The number of hydrogen-bond acceptors (Lipinski definition) is 3. The summed E-state index contributed by atoms with van der Waals surface area (Å²) in [4.78, 5) is 23.8. The summed E-state index contributed by atoms with van der Waals surface area (Å²) < 4.78 is 5.17. The second-order valence-electron chi connectivity index (χ2n) is 6.91. The Labute approximate surface area is 130 Å². The van der Waals surface area contributed by atoms with Crippen LogP contribution < -0.4 is 5.32 Å². The summed E-state index contributed by atoms with van der Waals surface area (Å²) in [5.74, 6) is -1.15. The van der Waals surface area contributed by atoms with Crippen molar-refractivity contribution in [3.8, 4) is 0 Å². The van der Waals surface area contributed by atoms with Gasteiger partial charge >= 0.3 is 12.1 Å². The molecule has 2 rings (SSSR count). The molecule has 0 radical (unpaired) electrons. The van der Waals surface area contributed by atoms with E-state index in [1.807, 2.05) is 51.1 Å². The van der Waals surface area contributed by atoms with Crippen molar-refractivity contribution >= 4 is 12.1 Å². The van der Waals surface area contributed by atoms with Crippen molar-refractivity contribution in [3.63, 3.8) is 0 Å². The summed E-state index contributed by atoms with van der Waals surface area (Å²) in [6.07, 6.45) is 0.464. The number of carboxylic acid groups (broad SMARTS) is 1. The number of carbonyl (C=O) groups is 2. The molecule has 1 fully saturated rings. The molecule has 2 atom stereocenters. The van der Waals surface area contributed by atoms with Gasteiger partial charge in [0.1, 0.15) is 12.1 Å². The standard InChI is InChI=1S/C17H23NO4/c1-12-9-16(2,3)11-17(12,14(19)20)18-15(21)22-10-13-7-5-4-6-8-13/h4-8,12H,9-11H2,1-3H3,(H,18,21)(H,19,20)/t12-,17-/m0/s1. The fourth-order valence-corrected chi connectivity index (χ4v) is 3.45. The van der Waals surface area contributed by atoms with Crippen LogP contribution >= 0.6 is 0 Å². The molecule has 0 aliphatic heterocycles. The normalized spacial score (nSPS) is 26.4. The Kier molecular flexibility index (Phi) is 4.44. The first-order valence-electron chi connectivity index (χ1n) is 7.47. The number of rotatable bonds is 4. The molecular formula is C17H23NO4. The van der Waals surface area contributed by atoms with E-state index in [2.05, 4.69) is 5.32 Å². The molecule has 0 spiro atoms. The monoisotopic (exact) mass is 305 g/mol. The van der Waals surface area contributed by atoms with Crippen LogP contribution in [0.25, 0.3) is 0 Å². The number of nitrogens with one attached hydrogen (secondary N) is 1. The number of aliphatic carboxylic acids is 1. The first-order valence-corrected chi connectivity index (χ1v) is 7.47. The minimum atomic E-state index is -1.25. The molecule has 0 bridgehead atoms. The average molecular weight is 305 g/mol. The zero-order chi connectivity index (χ0) is 16.4. The highest BCUT2D eigenvalue weighted by Gasteiger charge is 2.55. The number of hydrogen-bond donors (Lipinski definition) is 2. The van der Waals surface area contributed by atoms with Crippen molar-refractivity contribution in [1.29, 1.82) is 0 Å². The number of alkyl carbamates (subject to hydrolysis) is 1. The highest BCUT2D eigenvalue weighted by molar-refractivity contribution is 5.85. The predicted octanol–water partition coefficient (Wildman–Crippen LogP) is 3.19. The van der Waals surface area contributed by atoms with E-state index in [9.17, 15) is 14.7 Å². The number of carboxylic acids is 1. The molecule has 5 heteroatoms. The second-order valence-corrected chi connectivity index (χ2v) is 6.91. The van der Waals surface area contributed by atoms with Gasteiger partial charge in [0.15, 0.2) is 0 Å². The molecule has 2 N–H and O–H groups in total. The van der Waals surface area contributed by atoms with E-state index < -0.39 is 17.6 Å². The van der Waals surface area contributed by atoms with Gasteiger partial charge in [-0.2, -0.15) is 0 Å². The fourth-order valence-electron chi connectivity index (χ4n) is 3.45. The lowest BCUT2D eigenvalue weighted by molar-refractivity contribution is -0.146. The average Bonchev–Trinajstić information content (AvgIpc) is 2.68. The fraction of sp³-hybridized carbons (Fsp3) is 0.529. The first kappa shape index (κ1) is 16.3. The van der Waals surface area contributed by atoms with Crippen LogP contribution in [0.3, 0.4) is 0 Å². The van der Waals surface area contributed by atoms with E-state index in [0.717, 1.165) is 12.0 Å². The Morgan fingerprint density at radius 1 is 1.32 bits per heavy atom. The lowest BCUT2D eigenvalue weighted by Crippen LogP contribution is -2.56. The van der Waals surface area contributed by atoms with E-state index in [1.165, 1.54) is 0 Å². The lowest BCUT2D eigenvalue weighted by Gasteiger charge is -2.30. The van der Waals surface area contributed by atoms with Gasteiger partial charge in [-0.05, 0) is 29.7 Å². The van der Waals surface area contributed by atoms with Crippen LogP contribution in [0.2, 0.25) is 0 Å². The third kappa shape index (κ3) is 3.40. The lowest BCUT2D eigenvalue weighted by atomic mass is 9.86. The van der Waals surface area contributed by atoms with Gasteiger partial charge in [-0.1, -0.05) is 51.1 Å². The highest BCUT2D eigenvalue weighted by Crippen LogP contribution is 2.47. The maximum Gasteiger partial charge on any atom is 0.408 e. The van der Waals surface area contributed by atoms with E-state index in [-0.39, 0.29) is 17.9 Å². The van der Waals surface area contributed by atoms with Crippen LogP contribution in [0.4, 0.5) is 4.79 Å². The Morgan fingerprint density at radius 3 is 2.45 bits per heavy atom. The molecule has 1 aromatic rings. The molecular weight excluding hydrogens is 282 g/mol. The number of amides is 1. The van der Waals surface area contributed by atoms with Gasteiger partial charge in [0.25, 0.3) is 0 Å². The van der Waals surface area contributed by atoms with Gasteiger partial charge in [-0.15, -0.1) is 0 Å². The van der Waals surface area contributed by atoms with E-state index in [1.54, 1.807) is 0 Å². The van der Waals surface area contributed by atoms with Crippen molar-refractivity contribution in [2.24, 2.45) is 11.3 Å². The van der Waals surface area contributed by atoms with Crippen LogP contribution in [0, 0.1) is 11.3 Å². The highest BCUT2D eigenvalue weighted by atomic mass is 16.5. The second kappa shape index (κ2) is 5.99. The summed E-state index contributed by atoms with van der Waals surface area (Å²) in [6.45, 7) is 6.02. The van der Waals surface area contributed by atoms with Gasteiger partial charge in [0, 0.05) is 0 Å². The zero-order valence-electron chi connectivity index (χ0n) is 13.3. The van der Waals surface area contributed by atoms with Gasteiger partial charge in [-0.25, -0.2) is 9.59 Å². The first-order chi connectivity index (χ1) is 10.3. The van der Waals surface area contributed by atoms with Gasteiger partial charge in [0.2, 0.25) is 0 Å². The Bertz CT molecular complexity index is 555. The molecule has 0 aromatic heterocycles. The maximum atomic E-state index is 12.0. The molecule has 1 aliphatic rings. The summed E-state index contributed by atoms with van der Waals surface area (Å²) >= 11 is 0. The molecule has 5 nitrogen and oxygen atoms in total. The topological polar surface area (TPSA) is 75.6 Å². The van der Waals surface area contributed by atoms with Gasteiger partial charge < -0.3 is 15.2 Å². The van der Waals surface area contributed by atoms with Gasteiger partial charge in [0.05, 0.1) is 0 Å². The largest absolute Gasteiger partial charge is 0.479 e. The predicted molar refractivity (Wildman–Crippen MR) is 82.3 cm³/mol. The van der Waals surface area contributed by atoms with Crippen LogP contribution in [0.15, 0.2) is 30.3 Å². The molecule has 0 unspecified atom stereocenters. The molecule has 120 valence electrons. The smallest absolute Gasteiger partial charge is 0.408 e. The van der Waals surface area contributed by atoms with Gasteiger partial charge in [-0.3, -0.25) is 0 Å². The molecule has 0 heterocycles. The van der Waals surface area contributed by atoms with E-state index in [4.69, 9.17) is 4.74 Å². The maximum absolute atomic E-state index is 12.0. The molecule has 1 aliphatic carbocycles. The van der Waals surface area contributed by atoms with Crippen LogP contribution in [-0.2, 0) is 16.1 Å². The Balaban J connectivity index is 2.03. The van der Waals surface area contributed by atoms with Crippen molar-refractivity contribution in [3.05, 3.63) is 35.9 Å². The van der Waals surface area contributed by atoms with Crippen LogP contribution in [-0.4, -0.2) is 22.7 Å². The van der Waals surface area contributed by atoms with Crippen LogP contribution in [0.5, 0.6) is 0 Å². The summed E-state index contributed by atoms with van der Waals surface area (Å²) in [5.41, 5.74) is -0.510. The Hall–Kier alpha value is -2.04.